The SMILES string of the molecule is N[C@@H]1CO[C@H]2[C@H]1OC[C@H]2O. The Morgan fingerprint density at radius 3 is 2.60 bits per heavy atom. The third-order valence-electron chi connectivity index (χ3n) is 2.07. The number of aliphatic hydroxyl groups excluding tert-OH is 1. The van der Waals surface area contributed by atoms with Crippen LogP contribution in [0.2, 0.25) is 0 Å². The van der Waals surface area contributed by atoms with E-state index in [0.717, 1.165) is 0 Å². The highest BCUT2D eigenvalue weighted by atomic mass is 16.6. The van der Waals surface area contributed by atoms with E-state index < -0.39 is 6.10 Å². The van der Waals surface area contributed by atoms with Gasteiger partial charge in [-0.2, -0.15) is 0 Å². The molecule has 0 radical (unpaired) electrons. The second-order valence-corrected chi connectivity index (χ2v) is 2.83. The van der Waals surface area contributed by atoms with Crippen LogP contribution in [-0.4, -0.2) is 42.7 Å². The van der Waals surface area contributed by atoms with Crippen LogP contribution in [-0.2, 0) is 9.47 Å². The maximum atomic E-state index is 9.21. The number of ether oxygens (including phenoxy) is 2. The number of nitrogens with two attached hydrogens (primary N) is 1. The second kappa shape index (κ2) is 2.17. The number of hydrogen-bond acceptors (Lipinski definition) is 4. The minimum Gasteiger partial charge on any atom is -0.388 e. The summed E-state index contributed by atoms with van der Waals surface area (Å²) in [5.74, 6) is 0. The van der Waals surface area contributed by atoms with E-state index in [1.165, 1.54) is 0 Å². The van der Waals surface area contributed by atoms with Crippen LogP contribution in [0.25, 0.3) is 0 Å². The summed E-state index contributed by atoms with van der Waals surface area (Å²) in [6, 6.07) is -0.0536. The van der Waals surface area contributed by atoms with Gasteiger partial charge in [0.05, 0.1) is 19.3 Å². The van der Waals surface area contributed by atoms with Crippen LogP contribution in [0.15, 0.2) is 0 Å². The third kappa shape index (κ3) is 0.769. The minimum atomic E-state index is -0.474. The van der Waals surface area contributed by atoms with Crippen LogP contribution in [0.5, 0.6) is 0 Å². The lowest BCUT2D eigenvalue weighted by Crippen LogP contribution is -2.36. The summed E-state index contributed by atoms with van der Waals surface area (Å²) in [7, 11) is 0. The molecule has 2 aliphatic rings. The van der Waals surface area contributed by atoms with Crippen molar-refractivity contribution in [1.29, 1.82) is 0 Å². The first kappa shape index (κ1) is 6.54. The molecular weight excluding hydrogens is 134 g/mol. The third-order valence-corrected chi connectivity index (χ3v) is 2.07. The lowest BCUT2D eigenvalue weighted by Gasteiger charge is -2.10. The van der Waals surface area contributed by atoms with Gasteiger partial charge in [0.2, 0.25) is 0 Å². The van der Waals surface area contributed by atoms with Gasteiger partial charge in [-0.3, -0.25) is 0 Å². The molecule has 4 atom stereocenters. The number of hydrogen-bond donors (Lipinski definition) is 2. The fourth-order valence-corrected chi connectivity index (χ4v) is 1.51. The van der Waals surface area contributed by atoms with E-state index >= 15 is 0 Å². The monoisotopic (exact) mass is 145 g/mol. The van der Waals surface area contributed by atoms with E-state index in [4.69, 9.17) is 15.2 Å². The van der Waals surface area contributed by atoms with Crippen LogP contribution in [0.3, 0.4) is 0 Å². The fraction of sp³-hybridized carbons (Fsp3) is 1.00. The molecule has 0 aromatic heterocycles. The molecule has 0 saturated carbocycles. The van der Waals surface area contributed by atoms with Gasteiger partial charge in [0, 0.05) is 0 Å². The molecule has 0 aliphatic carbocycles. The largest absolute Gasteiger partial charge is 0.388 e. The van der Waals surface area contributed by atoms with E-state index in [1.54, 1.807) is 0 Å². The zero-order chi connectivity index (χ0) is 7.14. The van der Waals surface area contributed by atoms with Gasteiger partial charge in [-0.25, -0.2) is 0 Å². The molecule has 0 spiro atoms. The fourth-order valence-electron chi connectivity index (χ4n) is 1.51. The highest BCUT2D eigenvalue weighted by Gasteiger charge is 2.45. The summed E-state index contributed by atoms with van der Waals surface area (Å²) >= 11 is 0. The minimum absolute atomic E-state index is 0.0536. The standard InChI is InChI=1S/C6H11NO3/c7-3-1-9-6-4(8)2-10-5(3)6/h3-6,8H,1-2,7H2/t3-,4-,5+,6-/m1/s1. The molecule has 0 bridgehead atoms. The van der Waals surface area contributed by atoms with Crippen molar-refractivity contribution in [2.45, 2.75) is 24.4 Å². The zero-order valence-corrected chi connectivity index (χ0v) is 5.56. The highest BCUT2D eigenvalue weighted by molar-refractivity contribution is 4.95. The van der Waals surface area contributed by atoms with Crippen molar-refractivity contribution in [2.24, 2.45) is 5.73 Å². The first-order valence-corrected chi connectivity index (χ1v) is 3.46. The number of fused-ring (bicyclic) bond motifs is 1. The Hall–Kier alpha value is -0.160. The van der Waals surface area contributed by atoms with Gasteiger partial charge in [-0.15, -0.1) is 0 Å². The van der Waals surface area contributed by atoms with E-state index in [0.29, 0.717) is 13.2 Å². The predicted molar refractivity (Wildman–Crippen MR) is 33.5 cm³/mol. The van der Waals surface area contributed by atoms with E-state index in [1.807, 2.05) is 0 Å². The predicted octanol–water partition coefficient (Wildman–Crippen LogP) is -1.53. The molecule has 0 aromatic carbocycles. The Bertz CT molecular complexity index is 125. The summed E-state index contributed by atoms with van der Waals surface area (Å²) in [6.07, 6.45) is -0.719. The van der Waals surface area contributed by atoms with Crippen LogP contribution in [0.1, 0.15) is 0 Å². The molecule has 2 heterocycles. The summed E-state index contributed by atoms with van der Waals surface area (Å²) in [5.41, 5.74) is 5.62. The second-order valence-electron chi connectivity index (χ2n) is 2.83. The molecular formula is C6H11NO3. The molecule has 58 valence electrons. The molecule has 0 unspecified atom stereocenters. The van der Waals surface area contributed by atoms with Gasteiger partial charge < -0.3 is 20.3 Å². The summed E-state index contributed by atoms with van der Waals surface area (Å²) in [4.78, 5) is 0. The summed E-state index contributed by atoms with van der Waals surface area (Å²) in [6.45, 7) is 0.870. The Morgan fingerprint density at radius 1 is 1.20 bits per heavy atom. The molecule has 0 aromatic rings. The van der Waals surface area contributed by atoms with E-state index in [-0.39, 0.29) is 18.2 Å². The van der Waals surface area contributed by atoms with Gasteiger partial charge in [0.1, 0.15) is 18.3 Å². The molecule has 2 aliphatic heterocycles. The van der Waals surface area contributed by atoms with Gasteiger partial charge in [-0.05, 0) is 0 Å². The van der Waals surface area contributed by atoms with E-state index in [9.17, 15) is 5.11 Å². The van der Waals surface area contributed by atoms with Crippen LogP contribution in [0.4, 0.5) is 0 Å². The molecule has 10 heavy (non-hydrogen) atoms. The molecule has 4 nitrogen and oxygen atoms in total. The Balaban J connectivity index is 2.09. The number of aliphatic hydroxyl groups is 1. The average Bonchev–Trinajstić information content (AvgIpc) is 2.41. The van der Waals surface area contributed by atoms with Crippen molar-refractivity contribution in [3.8, 4) is 0 Å². The Kier molecular flexibility index (Phi) is 1.42. The molecule has 2 saturated heterocycles. The topological polar surface area (TPSA) is 64.7 Å². The van der Waals surface area contributed by atoms with Crippen LogP contribution in [0, 0.1) is 0 Å². The van der Waals surface area contributed by atoms with Crippen molar-refractivity contribution in [2.75, 3.05) is 13.2 Å². The maximum absolute atomic E-state index is 9.21. The molecule has 3 N–H and O–H groups in total. The van der Waals surface area contributed by atoms with Crippen molar-refractivity contribution in [1.82, 2.24) is 0 Å². The van der Waals surface area contributed by atoms with Crippen LogP contribution < -0.4 is 5.73 Å². The average molecular weight is 145 g/mol. The van der Waals surface area contributed by atoms with Gasteiger partial charge in [0.25, 0.3) is 0 Å². The smallest absolute Gasteiger partial charge is 0.113 e. The van der Waals surface area contributed by atoms with Crippen LogP contribution >= 0.6 is 0 Å². The van der Waals surface area contributed by atoms with Gasteiger partial charge >= 0.3 is 0 Å². The van der Waals surface area contributed by atoms with Crippen molar-refractivity contribution in [3.05, 3.63) is 0 Å². The summed E-state index contributed by atoms with van der Waals surface area (Å²) in [5, 5.41) is 9.21. The lowest BCUT2D eigenvalue weighted by atomic mass is 10.1. The maximum Gasteiger partial charge on any atom is 0.113 e. The highest BCUT2D eigenvalue weighted by Crippen LogP contribution is 2.25. The molecule has 2 fully saturated rings. The first-order chi connectivity index (χ1) is 4.79. The quantitative estimate of drug-likeness (QED) is 0.434. The zero-order valence-electron chi connectivity index (χ0n) is 5.56. The van der Waals surface area contributed by atoms with Gasteiger partial charge in [0.15, 0.2) is 0 Å². The Morgan fingerprint density at radius 2 is 1.90 bits per heavy atom. The van der Waals surface area contributed by atoms with Crippen molar-refractivity contribution < 1.29 is 14.6 Å². The van der Waals surface area contributed by atoms with Crippen molar-refractivity contribution >= 4 is 0 Å². The Labute approximate surface area is 58.9 Å². The molecule has 0 amide bonds. The van der Waals surface area contributed by atoms with Gasteiger partial charge in [-0.1, -0.05) is 0 Å². The van der Waals surface area contributed by atoms with Crippen molar-refractivity contribution in [3.63, 3.8) is 0 Å². The summed E-state index contributed by atoms with van der Waals surface area (Å²) < 4.78 is 10.4. The van der Waals surface area contributed by atoms with E-state index in [2.05, 4.69) is 0 Å². The lowest BCUT2D eigenvalue weighted by molar-refractivity contribution is 0.0182. The number of rotatable bonds is 0. The first-order valence-electron chi connectivity index (χ1n) is 3.46. The molecule has 2 rings (SSSR count). The molecule has 4 heteroatoms. The normalized spacial score (nSPS) is 53.4.